The number of hydrogen-bond donors (Lipinski definition) is 1. The van der Waals surface area contributed by atoms with Crippen LogP contribution < -0.4 is 15.6 Å². The van der Waals surface area contributed by atoms with Crippen molar-refractivity contribution in [2.45, 2.75) is 13.0 Å². The fourth-order valence-corrected chi connectivity index (χ4v) is 2.84. The average molecular weight is 392 g/mol. The van der Waals surface area contributed by atoms with Crippen LogP contribution in [0.25, 0.3) is 10.9 Å². The van der Waals surface area contributed by atoms with Crippen LogP contribution in [0.5, 0.6) is 5.75 Å². The molecule has 1 N–H and O–H groups in total. The van der Waals surface area contributed by atoms with Crippen LogP contribution in [0.3, 0.4) is 0 Å². The second-order valence-corrected chi connectivity index (χ2v) is 6.42. The molecule has 3 rings (SSSR count). The summed E-state index contributed by atoms with van der Waals surface area (Å²) in [4.78, 5) is 28.9. The molecular formula is C18H15Cl2N3O3. The summed E-state index contributed by atoms with van der Waals surface area (Å²) < 4.78 is 6.59. The number of nitrogens with zero attached hydrogens (tertiary/aromatic N) is 2. The number of nitrogens with one attached hydrogen (secondary N) is 1. The molecule has 134 valence electrons. The Kier molecular flexibility index (Phi) is 5.44. The smallest absolute Gasteiger partial charge is 0.261 e. The Hall–Kier alpha value is -2.57. The van der Waals surface area contributed by atoms with Gasteiger partial charge in [-0.1, -0.05) is 23.2 Å². The number of aryl methyl sites for hydroxylation is 1. The maximum Gasteiger partial charge on any atom is 0.261 e. The van der Waals surface area contributed by atoms with E-state index in [0.717, 1.165) is 0 Å². The van der Waals surface area contributed by atoms with E-state index in [1.165, 1.54) is 18.0 Å². The zero-order valence-corrected chi connectivity index (χ0v) is 15.3. The van der Waals surface area contributed by atoms with Crippen molar-refractivity contribution in [2.24, 2.45) is 0 Å². The predicted molar refractivity (Wildman–Crippen MR) is 102 cm³/mol. The minimum atomic E-state index is -0.270. The lowest BCUT2D eigenvalue weighted by atomic mass is 10.2. The fraction of sp³-hybridized carbons (Fsp3) is 0.167. The van der Waals surface area contributed by atoms with Gasteiger partial charge in [-0.25, -0.2) is 4.98 Å². The van der Waals surface area contributed by atoms with Crippen LogP contribution in [0.4, 0.5) is 5.69 Å². The Labute approximate surface area is 159 Å². The van der Waals surface area contributed by atoms with E-state index in [1.807, 2.05) is 0 Å². The van der Waals surface area contributed by atoms with Crippen LogP contribution in [-0.4, -0.2) is 22.6 Å². The molecule has 3 aromatic rings. The van der Waals surface area contributed by atoms with Crippen molar-refractivity contribution in [3.05, 3.63) is 63.1 Å². The standard InChI is InChI=1S/C18H15Cl2N3O3/c1-26-16-5-3-12(20)9-15(16)22-17(24)6-7-23-10-21-14-8-11(19)2-4-13(14)18(23)25/h2-5,8-10H,6-7H2,1H3,(H,22,24). The Balaban J connectivity index is 1.73. The summed E-state index contributed by atoms with van der Waals surface area (Å²) in [7, 11) is 1.51. The van der Waals surface area contributed by atoms with E-state index in [0.29, 0.717) is 32.4 Å². The molecule has 0 aliphatic carbocycles. The lowest BCUT2D eigenvalue weighted by molar-refractivity contribution is -0.116. The van der Waals surface area contributed by atoms with E-state index in [4.69, 9.17) is 27.9 Å². The van der Waals surface area contributed by atoms with Gasteiger partial charge in [0.05, 0.1) is 30.0 Å². The van der Waals surface area contributed by atoms with Gasteiger partial charge >= 0.3 is 0 Å². The van der Waals surface area contributed by atoms with Crippen molar-refractivity contribution < 1.29 is 9.53 Å². The molecule has 1 amide bonds. The molecule has 0 saturated heterocycles. The first-order valence-corrected chi connectivity index (χ1v) is 8.51. The van der Waals surface area contributed by atoms with Crippen molar-refractivity contribution >= 4 is 45.7 Å². The summed E-state index contributed by atoms with van der Waals surface area (Å²) in [5.74, 6) is 0.234. The number of carbonyl (C=O) groups excluding carboxylic acids is 1. The number of benzene rings is 2. The molecule has 1 aromatic heterocycles. The van der Waals surface area contributed by atoms with Crippen LogP contribution in [-0.2, 0) is 11.3 Å². The summed E-state index contributed by atoms with van der Waals surface area (Å²) >= 11 is 11.9. The van der Waals surface area contributed by atoms with E-state index in [9.17, 15) is 9.59 Å². The molecule has 0 radical (unpaired) electrons. The van der Waals surface area contributed by atoms with Gasteiger partial charge in [0, 0.05) is 23.0 Å². The Morgan fingerprint density at radius 2 is 1.92 bits per heavy atom. The third kappa shape index (κ3) is 3.98. The highest BCUT2D eigenvalue weighted by Crippen LogP contribution is 2.27. The second-order valence-electron chi connectivity index (χ2n) is 5.55. The number of halogens is 2. The summed E-state index contributed by atoms with van der Waals surface area (Å²) in [6.07, 6.45) is 1.50. The SMILES string of the molecule is COc1ccc(Cl)cc1NC(=O)CCn1cnc2cc(Cl)ccc2c1=O. The molecule has 0 spiro atoms. The quantitative estimate of drug-likeness (QED) is 0.718. The van der Waals surface area contributed by atoms with Crippen LogP contribution in [0, 0.1) is 0 Å². The number of hydrogen-bond acceptors (Lipinski definition) is 4. The summed E-state index contributed by atoms with van der Waals surface area (Å²) in [5.41, 5.74) is 0.773. The minimum absolute atomic E-state index is 0.0936. The molecule has 0 atom stereocenters. The van der Waals surface area contributed by atoms with Crippen molar-refractivity contribution in [1.82, 2.24) is 9.55 Å². The van der Waals surface area contributed by atoms with Crippen LogP contribution in [0.1, 0.15) is 6.42 Å². The van der Waals surface area contributed by atoms with Gasteiger partial charge in [0.1, 0.15) is 5.75 Å². The molecule has 0 bridgehead atoms. The number of ether oxygens (including phenoxy) is 1. The highest BCUT2D eigenvalue weighted by Gasteiger charge is 2.10. The first-order valence-electron chi connectivity index (χ1n) is 7.76. The zero-order chi connectivity index (χ0) is 18.7. The number of aromatic nitrogens is 2. The van der Waals surface area contributed by atoms with Crippen LogP contribution >= 0.6 is 23.2 Å². The molecule has 8 heteroatoms. The van der Waals surface area contributed by atoms with Crippen molar-refractivity contribution in [3.63, 3.8) is 0 Å². The van der Waals surface area contributed by atoms with Crippen LogP contribution in [0.15, 0.2) is 47.5 Å². The van der Waals surface area contributed by atoms with Gasteiger partial charge < -0.3 is 10.1 Å². The average Bonchev–Trinajstić information content (AvgIpc) is 2.61. The normalized spacial score (nSPS) is 10.7. The molecule has 0 unspecified atom stereocenters. The molecule has 1 heterocycles. The van der Waals surface area contributed by atoms with Gasteiger partial charge in [0.15, 0.2) is 0 Å². The van der Waals surface area contributed by atoms with Gasteiger partial charge in [0.2, 0.25) is 5.91 Å². The van der Waals surface area contributed by atoms with E-state index in [1.54, 1.807) is 36.4 Å². The molecule has 0 aliphatic heterocycles. The maximum atomic E-state index is 12.5. The number of methoxy groups -OCH3 is 1. The van der Waals surface area contributed by atoms with E-state index in [2.05, 4.69) is 10.3 Å². The monoisotopic (exact) mass is 391 g/mol. The van der Waals surface area contributed by atoms with E-state index in [-0.39, 0.29) is 24.4 Å². The fourth-order valence-electron chi connectivity index (χ4n) is 2.50. The first-order chi connectivity index (χ1) is 12.5. The number of rotatable bonds is 5. The molecular weight excluding hydrogens is 377 g/mol. The van der Waals surface area contributed by atoms with Gasteiger partial charge in [-0.3, -0.25) is 14.2 Å². The number of carbonyl (C=O) groups is 1. The topological polar surface area (TPSA) is 73.2 Å². The summed E-state index contributed by atoms with van der Waals surface area (Å²) in [6, 6.07) is 9.83. The van der Waals surface area contributed by atoms with E-state index < -0.39 is 0 Å². The molecule has 2 aromatic carbocycles. The molecule has 0 saturated carbocycles. The summed E-state index contributed by atoms with van der Waals surface area (Å²) in [6.45, 7) is 0.194. The molecule has 6 nitrogen and oxygen atoms in total. The number of anilines is 1. The van der Waals surface area contributed by atoms with Gasteiger partial charge in [-0.05, 0) is 36.4 Å². The van der Waals surface area contributed by atoms with Gasteiger partial charge in [-0.15, -0.1) is 0 Å². The third-order valence-electron chi connectivity index (χ3n) is 3.80. The maximum absolute atomic E-state index is 12.5. The lowest BCUT2D eigenvalue weighted by Crippen LogP contribution is -2.23. The number of amides is 1. The highest BCUT2D eigenvalue weighted by molar-refractivity contribution is 6.31. The zero-order valence-electron chi connectivity index (χ0n) is 13.8. The first kappa shape index (κ1) is 18.2. The number of fused-ring (bicyclic) bond motifs is 1. The Bertz CT molecular complexity index is 1030. The molecule has 0 aliphatic rings. The Morgan fingerprint density at radius 3 is 2.69 bits per heavy atom. The van der Waals surface area contributed by atoms with Crippen molar-refractivity contribution in [3.8, 4) is 5.75 Å². The lowest BCUT2D eigenvalue weighted by Gasteiger charge is -2.11. The predicted octanol–water partition coefficient (Wildman–Crippen LogP) is 3.74. The summed E-state index contributed by atoms with van der Waals surface area (Å²) in [5, 5.41) is 4.18. The van der Waals surface area contributed by atoms with E-state index >= 15 is 0 Å². The highest BCUT2D eigenvalue weighted by atomic mass is 35.5. The van der Waals surface area contributed by atoms with Crippen LogP contribution in [0.2, 0.25) is 10.0 Å². The largest absolute Gasteiger partial charge is 0.495 e. The third-order valence-corrected chi connectivity index (χ3v) is 4.27. The van der Waals surface area contributed by atoms with Crippen molar-refractivity contribution in [1.29, 1.82) is 0 Å². The molecule has 26 heavy (non-hydrogen) atoms. The van der Waals surface area contributed by atoms with Crippen molar-refractivity contribution in [2.75, 3.05) is 12.4 Å². The molecule has 0 fully saturated rings. The second kappa shape index (κ2) is 7.76. The Morgan fingerprint density at radius 1 is 1.19 bits per heavy atom. The minimum Gasteiger partial charge on any atom is -0.495 e. The van der Waals surface area contributed by atoms with Gasteiger partial charge in [-0.2, -0.15) is 0 Å². The van der Waals surface area contributed by atoms with Gasteiger partial charge in [0.25, 0.3) is 5.56 Å².